The lowest BCUT2D eigenvalue weighted by Gasteiger charge is -2.33. The Bertz CT molecular complexity index is 410. The minimum atomic E-state index is 0.618. The molecule has 1 fully saturated rings. The Morgan fingerprint density at radius 1 is 1.24 bits per heavy atom. The molecule has 0 aliphatic heterocycles. The van der Waals surface area contributed by atoms with Gasteiger partial charge in [-0.25, -0.2) is 0 Å². The second-order valence-electron chi connectivity index (χ2n) is 6.64. The molecule has 1 saturated carbocycles. The molecule has 0 spiro atoms. The number of nitrogens with one attached hydrogen (secondary N) is 1. The molecular weight excluding hydrogens is 258 g/mol. The molecule has 0 aromatic heterocycles. The fraction of sp³-hybridized carbons (Fsp3) is 0.684. The van der Waals surface area contributed by atoms with E-state index in [1.807, 2.05) is 0 Å². The van der Waals surface area contributed by atoms with E-state index in [-0.39, 0.29) is 0 Å². The molecule has 1 aliphatic carbocycles. The standard InChI is InChI=1S/C19H31NO/c1-4-20-19(17-10-8-15(2)9-11-17)12-13-21-18-7-5-6-16(3)14-18/h5-7,14-15,17,19-20H,4,8-13H2,1-3H3. The monoisotopic (exact) mass is 289 g/mol. The van der Waals surface area contributed by atoms with Gasteiger partial charge in [-0.3, -0.25) is 0 Å². The van der Waals surface area contributed by atoms with Gasteiger partial charge in [-0.05, 0) is 62.3 Å². The van der Waals surface area contributed by atoms with E-state index in [0.29, 0.717) is 6.04 Å². The van der Waals surface area contributed by atoms with E-state index < -0.39 is 0 Å². The van der Waals surface area contributed by atoms with Crippen molar-refractivity contribution in [2.75, 3.05) is 13.2 Å². The van der Waals surface area contributed by atoms with E-state index in [9.17, 15) is 0 Å². The minimum Gasteiger partial charge on any atom is -0.494 e. The maximum Gasteiger partial charge on any atom is 0.119 e. The first-order valence-electron chi connectivity index (χ1n) is 8.62. The van der Waals surface area contributed by atoms with Crippen LogP contribution >= 0.6 is 0 Å². The van der Waals surface area contributed by atoms with Crippen LogP contribution in [-0.4, -0.2) is 19.2 Å². The van der Waals surface area contributed by atoms with Crippen LogP contribution in [0.4, 0.5) is 0 Å². The van der Waals surface area contributed by atoms with Gasteiger partial charge in [-0.15, -0.1) is 0 Å². The van der Waals surface area contributed by atoms with Crippen LogP contribution in [0.15, 0.2) is 24.3 Å². The van der Waals surface area contributed by atoms with Crippen molar-refractivity contribution >= 4 is 0 Å². The fourth-order valence-corrected chi connectivity index (χ4v) is 3.46. The normalized spacial score (nSPS) is 23.8. The highest BCUT2D eigenvalue weighted by atomic mass is 16.5. The summed E-state index contributed by atoms with van der Waals surface area (Å²) in [5, 5.41) is 3.68. The van der Waals surface area contributed by atoms with E-state index in [4.69, 9.17) is 4.74 Å². The van der Waals surface area contributed by atoms with E-state index in [1.54, 1.807) is 0 Å². The zero-order valence-corrected chi connectivity index (χ0v) is 13.9. The maximum absolute atomic E-state index is 5.94. The van der Waals surface area contributed by atoms with Crippen LogP contribution in [0.2, 0.25) is 0 Å². The smallest absolute Gasteiger partial charge is 0.119 e. The average Bonchev–Trinajstić information content (AvgIpc) is 2.47. The second kappa shape index (κ2) is 8.43. The number of ether oxygens (including phenoxy) is 1. The first-order valence-corrected chi connectivity index (χ1v) is 8.62. The van der Waals surface area contributed by atoms with Crippen LogP contribution in [-0.2, 0) is 0 Å². The Hall–Kier alpha value is -1.02. The zero-order valence-electron chi connectivity index (χ0n) is 13.9. The Balaban J connectivity index is 1.79. The number of hydrogen-bond donors (Lipinski definition) is 1. The zero-order chi connectivity index (χ0) is 15.1. The van der Waals surface area contributed by atoms with Gasteiger partial charge >= 0.3 is 0 Å². The van der Waals surface area contributed by atoms with Crippen LogP contribution in [0.1, 0.15) is 51.5 Å². The van der Waals surface area contributed by atoms with Gasteiger partial charge in [0, 0.05) is 6.04 Å². The quantitative estimate of drug-likeness (QED) is 0.794. The number of hydrogen-bond acceptors (Lipinski definition) is 2. The SMILES string of the molecule is CCNC(CCOc1cccc(C)c1)C1CCC(C)CC1. The lowest BCUT2D eigenvalue weighted by Crippen LogP contribution is -2.39. The molecule has 0 saturated heterocycles. The van der Waals surface area contributed by atoms with Gasteiger partial charge in [0.2, 0.25) is 0 Å². The van der Waals surface area contributed by atoms with Crippen LogP contribution in [0.25, 0.3) is 0 Å². The van der Waals surface area contributed by atoms with Crippen molar-refractivity contribution in [1.82, 2.24) is 5.32 Å². The molecule has 1 aromatic carbocycles. The predicted molar refractivity (Wildman–Crippen MR) is 89.9 cm³/mol. The predicted octanol–water partition coefficient (Wildman–Crippen LogP) is 4.57. The molecule has 1 aliphatic rings. The first kappa shape index (κ1) is 16.4. The molecule has 2 rings (SSSR count). The minimum absolute atomic E-state index is 0.618. The molecule has 0 bridgehead atoms. The van der Waals surface area contributed by atoms with E-state index >= 15 is 0 Å². The summed E-state index contributed by atoms with van der Waals surface area (Å²) < 4.78 is 5.94. The molecular formula is C19H31NO. The van der Waals surface area contributed by atoms with Gasteiger partial charge in [0.25, 0.3) is 0 Å². The fourth-order valence-electron chi connectivity index (χ4n) is 3.46. The van der Waals surface area contributed by atoms with E-state index in [2.05, 4.69) is 50.4 Å². The Morgan fingerprint density at radius 2 is 2.00 bits per heavy atom. The van der Waals surface area contributed by atoms with Gasteiger partial charge in [0.15, 0.2) is 0 Å². The average molecular weight is 289 g/mol. The van der Waals surface area contributed by atoms with Crippen molar-refractivity contribution in [2.24, 2.45) is 11.8 Å². The van der Waals surface area contributed by atoms with Crippen molar-refractivity contribution in [3.05, 3.63) is 29.8 Å². The molecule has 2 nitrogen and oxygen atoms in total. The van der Waals surface area contributed by atoms with Gasteiger partial charge < -0.3 is 10.1 Å². The highest BCUT2D eigenvalue weighted by molar-refractivity contribution is 5.27. The molecule has 1 atom stereocenters. The summed E-state index contributed by atoms with van der Waals surface area (Å²) in [7, 11) is 0. The lowest BCUT2D eigenvalue weighted by molar-refractivity contribution is 0.198. The maximum atomic E-state index is 5.94. The van der Waals surface area contributed by atoms with Gasteiger partial charge in [0.1, 0.15) is 5.75 Å². The largest absolute Gasteiger partial charge is 0.494 e. The van der Waals surface area contributed by atoms with Crippen molar-refractivity contribution in [1.29, 1.82) is 0 Å². The van der Waals surface area contributed by atoms with Crippen LogP contribution in [0.3, 0.4) is 0 Å². The summed E-state index contributed by atoms with van der Waals surface area (Å²) in [5.74, 6) is 2.76. The van der Waals surface area contributed by atoms with Crippen molar-refractivity contribution in [3.8, 4) is 5.75 Å². The van der Waals surface area contributed by atoms with Crippen molar-refractivity contribution in [3.63, 3.8) is 0 Å². The summed E-state index contributed by atoms with van der Waals surface area (Å²) in [6, 6.07) is 8.96. The highest BCUT2D eigenvalue weighted by Crippen LogP contribution is 2.31. The third-order valence-electron chi connectivity index (χ3n) is 4.78. The summed E-state index contributed by atoms with van der Waals surface area (Å²) in [6.07, 6.45) is 6.66. The van der Waals surface area contributed by atoms with Crippen molar-refractivity contribution < 1.29 is 4.74 Å². The highest BCUT2D eigenvalue weighted by Gasteiger charge is 2.25. The Kier molecular flexibility index (Phi) is 6.56. The van der Waals surface area contributed by atoms with Crippen molar-refractivity contribution in [2.45, 2.75) is 58.9 Å². The molecule has 1 unspecified atom stereocenters. The number of benzene rings is 1. The van der Waals surface area contributed by atoms with Crippen LogP contribution in [0.5, 0.6) is 5.75 Å². The summed E-state index contributed by atoms with van der Waals surface area (Å²) in [4.78, 5) is 0. The lowest BCUT2D eigenvalue weighted by atomic mass is 9.78. The molecule has 0 radical (unpaired) electrons. The first-order chi connectivity index (χ1) is 10.2. The molecule has 0 amide bonds. The third-order valence-corrected chi connectivity index (χ3v) is 4.78. The molecule has 0 heterocycles. The van der Waals surface area contributed by atoms with Gasteiger partial charge in [-0.1, -0.05) is 38.8 Å². The number of aryl methyl sites for hydroxylation is 1. The summed E-state index contributed by atoms with van der Waals surface area (Å²) in [6.45, 7) is 8.57. The van der Waals surface area contributed by atoms with E-state index in [1.165, 1.54) is 31.2 Å². The molecule has 21 heavy (non-hydrogen) atoms. The van der Waals surface area contributed by atoms with E-state index in [0.717, 1.165) is 37.2 Å². The summed E-state index contributed by atoms with van der Waals surface area (Å²) >= 11 is 0. The topological polar surface area (TPSA) is 21.3 Å². The van der Waals surface area contributed by atoms with Crippen LogP contribution < -0.4 is 10.1 Å². The third kappa shape index (κ3) is 5.35. The van der Waals surface area contributed by atoms with Gasteiger partial charge in [-0.2, -0.15) is 0 Å². The van der Waals surface area contributed by atoms with Crippen LogP contribution in [0, 0.1) is 18.8 Å². The molecule has 118 valence electrons. The second-order valence-corrected chi connectivity index (χ2v) is 6.64. The Labute approximate surface area is 130 Å². The molecule has 1 N–H and O–H groups in total. The molecule has 2 heteroatoms. The number of rotatable bonds is 7. The molecule has 1 aromatic rings. The Morgan fingerprint density at radius 3 is 2.67 bits per heavy atom. The van der Waals surface area contributed by atoms with Gasteiger partial charge in [0.05, 0.1) is 6.61 Å². The summed E-state index contributed by atoms with van der Waals surface area (Å²) in [5.41, 5.74) is 1.26.